The third-order valence-corrected chi connectivity index (χ3v) is 3.93. The average molecular weight is 294 g/mol. The van der Waals surface area contributed by atoms with Gasteiger partial charge in [-0.3, -0.25) is 14.5 Å². The van der Waals surface area contributed by atoms with E-state index in [1.807, 2.05) is 17.9 Å². The molecule has 0 aliphatic carbocycles. The molecule has 6 nitrogen and oxygen atoms in total. The minimum atomic E-state index is -0.271. The molecular formula is C15H22N2O4. The first-order valence-corrected chi connectivity index (χ1v) is 7.23. The Balaban J connectivity index is 1.84. The Morgan fingerprint density at radius 2 is 2.38 bits per heavy atom. The molecule has 2 unspecified atom stereocenters. The molecule has 2 atom stereocenters. The van der Waals surface area contributed by atoms with Crippen LogP contribution in [0.4, 0.5) is 0 Å². The van der Waals surface area contributed by atoms with Crippen LogP contribution >= 0.6 is 0 Å². The minimum absolute atomic E-state index is 0.0584. The van der Waals surface area contributed by atoms with E-state index >= 15 is 0 Å². The van der Waals surface area contributed by atoms with Gasteiger partial charge in [-0.15, -0.1) is 0 Å². The molecule has 2 rings (SSSR count). The maximum absolute atomic E-state index is 12.2. The molecule has 1 fully saturated rings. The molecule has 1 aromatic heterocycles. The quantitative estimate of drug-likeness (QED) is 0.825. The second-order valence-corrected chi connectivity index (χ2v) is 5.33. The number of nitrogens with zero attached hydrogens (tertiary/aromatic N) is 1. The zero-order chi connectivity index (χ0) is 15.2. The molecule has 6 heteroatoms. The molecule has 21 heavy (non-hydrogen) atoms. The van der Waals surface area contributed by atoms with Crippen LogP contribution in [0.15, 0.2) is 22.8 Å². The molecule has 1 amide bonds. The Morgan fingerprint density at radius 3 is 3.05 bits per heavy atom. The highest BCUT2D eigenvalue weighted by Gasteiger charge is 2.31. The summed E-state index contributed by atoms with van der Waals surface area (Å²) in [6, 6.07) is 3.34. The van der Waals surface area contributed by atoms with Crippen LogP contribution in [-0.2, 0) is 20.9 Å². The van der Waals surface area contributed by atoms with Gasteiger partial charge in [-0.25, -0.2) is 0 Å². The fourth-order valence-corrected chi connectivity index (χ4v) is 2.62. The molecule has 116 valence electrons. The van der Waals surface area contributed by atoms with Crippen molar-refractivity contribution in [1.29, 1.82) is 0 Å². The number of nitrogens with one attached hydrogen (secondary N) is 1. The fourth-order valence-electron chi connectivity index (χ4n) is 2.62. The van der Waals surface area contributed by atoms with Crippen LogP contribution in [0.3, 0.4) is 0 Å². The van der Waals surface area contributed by atoms with E-state index < -0.39 is 0 Å². The van der Waals surface area contributed by atoms with E-state index in [0.717, 1.165) is 25.1 Å². The van der Waals surface area contributed by atoms with Crippen LogP contribution in [0, 0.1) is 5.92 Å². The first-order chi connectivity index (χ1) is 10.1. The van der Waals surface area contributed by atoms with Gasteiger partial charge in [0.25, 0.3) is 0 Å². The standard InChI is InChI=1S/C15H22N2O4/c1-11(14(18)16-9-13-6-4-8-21-13)17-7-3-5-12(10-17)15(19)20-2/h4,6,8,11-12H,3,5,7,9-10H2,1-2H3,(H,16,18). The third kappa shape index (κ3) is 4.07. The number of carbonyl (C=O) groups is 2. The number of esters is 1. The van der Waals surface area contributed by atoms with E-state index in [-0.39, 0.29) is 23.8 Å². The Labute approximate surface area is 124 Å². The summed E-state index contributed by atoms with van der Waals surface area (Å²) in [7, 11) is 1.40. The number of piperidine rings is 1. The molecule has 0 spiro atoms. The summed E-state index contributed by atoms with van der Waals surface area (Å²) in [4.78, 5) is 25.8. The van der Waals surface area contributed by atoms with Gasteiger partial charge in [-0.05, 0) is 38.4 Å². The molecule has 0 saturated carbocycles. The van der Waals surface area contributed by atoms with E-state index in [0.29, 0.717) is 13.1 Å². The first-order valence-electron chi connectivity index (χ1n) is 7.23. The summed E-state index contributed by atoms with van der Waals surface area (Å²) < 4.78 is 9.98. The zero-order valence-electron chi connectivity index (χ0n) is 12.5. The predicted molar refractivity (Wildman–Crippen MR) is 76.3 cm³/mol. The van der Waals surface area contributed by atoms with Gasteiger partial charge in [0, 0.05) is 6.54 Å². The molecule has 2 heterocycles. The Kier molecular flexibility index (Phi) is 5.38. The van der Waals surface area contributed by atoms with Gasteiger partial charge in [0.15, 0.2) is 0 Å². The van der Waals surface area contributed by atoms with Crippen LogP contribution in [0.1, 0.15) is 25.5 Å². The number of methoxy groups -OCH3 is 1. The summed E-state index contributed by atoms with van der Waals surface area (Å²) in [6.45, 7) is 3.63. The van der Waals surface area contributed by atoms with Crippen molar-refractivity contribution >= 4 is 11.9 Å². The van der Waals surface area contributed by atoms with Crippen LogP contribution in [0.25, 0.3) is 0 Å². The number of hydrogen-bond donors (Lipinski definition) is 1. The van der Waals surface area contributed by atoms with Gasteiger partial charge in [-0.1, -0.05) is 0 Å². The SMILES string of the molecule is COC(=O)C1CCCN(C(C)C(=O)NCc2ccco2)C1. The van der Waals surface area contributed by atoms with Gasteiger partial charge in [-0.2, -0.15) is 0 Å². The molecule has 1 aliphatic heterocycles. The van der Waals surface area contributed by atoms with Gasteiger partial charge >= 0.3 is 5.97 Å². The van der Waals surface area contributed by atoms with Crippen LogP contribution < -0.4 is 5.32 Å². The van der Waals surface area contributed by atoms with Crippen molar-refractivity contribution < 1.29 is 18.7 Å². The normalized spacial score (nSPS) is 20.8. The molecule has 0 bridgehead atoms. The molecule has 1 aliphatic rings. The zero-order valence-corrected chi connectivity index (χ0v) is 12.5. The van der Waals surface area contributed by atoms with Crippen molar-refractivity contribution in [3.05, 3.63) is 24.2 Å². The summed E-state index contributed by atoms with van der Waals surface area (Å²) in [5.41, 5.74) is 0. The molecule has 1 N–H and O–H groups in total. The van der Waals surface area contributed by atoms with Crippen LogP contribution in [0.5, 0.6) is 0 Å². The highest BCUT2D eigenvalue weighted by Crippen LogP contribution is 2.19. The highest BCUT2D eigenvalue weighted by molar-refractivity contribution is 5.81. The number of furan rings is 1. The van der Waals surface area contributed by atoms with Crippen LogP contribution in [0.2, 0.25) is 0 Å². The number of rotatable bonds is 5. The minimum Gasteiger partial charge on any atom is -0.469 e. The van der Waals surface area contributed by atoms with Crippen molar-refractivity contribution in [2.45, 2.75) is 32.4 Å². The van der Waals surface area contributed by atoms with E-state index in [1.54, 1.807) is 12.3 Å². The van der Waals surface area contributed by atoms with Crippen molar-refractivity contribution in [3.63, 3.8) is 0 Å². The van der Waals surface area contributed by atoms with E-state index in [1.165, 1.54) is 7.11 Å². The Morgan fingerprint density at radius 1 is 1.57 bits per heavy atom. The second-order valence-electron chi connectivity index (χ2n) is 5.33. The first kappa shape index (κ1) is 15.6. The average Bonchev–Trinajstić information content (AvgIpc) is 3.04. The number of hydrogen-bond acceptors (Lipinski definition) is 5. The molecule has 0 aromatic carbocycles. The number of carbonyl (C=O) groups excluding carboxylic acids is 2. The third-order valence-electron chi connectivity index (χ3n) is 3.93. The highest BCUT2D eigenvalue weighted by atomic mass is 16.5. The summed E-state index contributed by atoms with van der Waals surface area (Å²) in [6.07, 6.45) is 3.30. The van der Waals surface area contributed by atoms with Gasteiger partial charge in [0.1, 0.15) is 5.76 Å². The predicted octanol–water partition coefficient (Wildman–Crippen LogP) is 1.17. The molecule has 1 saturated heterocycles. The van der Waals surface area contributed by atoms with Gasteiger partial charge in [0.05, 0.1) is 31.9 Å². The lowest BCUT2D eigenvalue weighted by Gasteiger charge is -2.34. The van der Waals surface area contributed by atoms with Crippen molar-refractivity contribution in [1.82, 2.24) is 10.2 Å². The smallest absolute Gasteiger partial charge is 0.309 e. The Hall–Kier alpha value is -1.82. The largest absolute Gasteiger partial charge is 0.469 e. The molecular weight excluding hydrogens is 272 g/mol. The van der Waals surface area contributed by atoms with E-state index in [2.05, 4.69) is 5.32 Å². The second kappa shape index (κ2) is 7.26. The van der Waals surface area contributed by atoms with Crippen LogP contribution in [-0.4, -0.2) is 43.0 Å². The number of ether oxygens (including phenoxy) is 1. The Bertz CT molecular complexity index is 472. The lowest BCUT2D eigenvalue weighted by atomic mass is 9.97. The van der Waals surface area contributed by atoms with E-state index in [9.17, 15) is 9.59 Å². The number of likely N-dealkylation sites (tertiary alicyclic amines) is 1. The molecule has 1 aromatic rings. The summed E-state index contributed by atoms with van der Waals surface area (Å²) in [5.74, 6) is 0.338. The van der Waals surface area contributed by atoms with Crippen molar-refractivity contribution in [3.8, 4) is 0 Å². The fraction of sp³-hybridized carbons (Fsp3) is 0.600. The van der Waals surface area contributed by atoms with Crippen molar-refractivity contribution in [2.24, 2.45) is 5.92 Å². The van der Waals surface area contributed by atoms with Gasteiger partial charge in [0.2, 0.25) is 5.91 Å². The van der Waals surface area contributed by atoms with Gasteiger partial charge < -0.3 is 14.5 Å². The summed E-state index contributed by atoms with van der Waals surface area (Å²) in [5, 5.41) is 2.85. The number of amides is 1. The topological polar surface area (TPSA) is 71.8 Å². The lowest BCUT2D eigenvalue weighted by Crippen LogP contribution is -2.50. The monoisotopic (exact) mass is 294 g/mol. The maximum atomic E-state index is 12.2. The summed E-state index contributed by atoms with van der Waals surface area (Å²) >= 11 is 0. The molecule has 0 radical (unpaired) electrons. The lowest BCUT2D eigenvalue weighted by molar-refractivity contribution is -0.148. The van der Waals surface area contributed by atoms with E-state index in [4.69, 9.17) is 9.15 Å². The maximum Gasteiger partial charge on any atom is 0.309 e. The van der Waals surface area contributed by atoms with Crippen molar-refractivity contribution in [2.75, 3.05) is 20.2 Å².